The number of hydrogen-bond donors (Lipinski definition) is 1. The fraction of sp³-hybridized carbons (Fsp3) is 0.214. The van der Waals surface area contributed by atoms with Gasteiger partial charge in [0, 0.05) is 19.8 Å². The fourth-order valence-electron chi connectivity index (χ4n) is 1.78. The van der Waals surface area contributed by atoms with Crippen molar-refractivity contribution in [2.24, 2.45) is 0 Å². The number of sulfonamides is 1. The van der Waals surface area contributed by atoms with Crippen molar-refractivity contribution in [1.82, 2.24) is 4.31 Å². The lowest BCUT2D eigenvalue weighted by atomic mass is 10.2. The van der Waals surface area contributed by atoms with Crippen molar-refractivity contribution in [3.8, 4) is 0 Å². The topological polar surface area (TPSA) is 66.5 Å². The first-order valence-electron chi connectivity index (χ1n) is 6.31. The number of carbonyl (C=O) groups excluding carboxylic acids is 1. The van der Waals surface area contributed by atoms with E-state index in [4.69, 9.17) is 0 Å². The third kappa shape index (κ3) is 3.57. The Morgan fingerprint density at radius 1 is 1.23 bits per heavy atom. The van der Waals surface area contributed by atoms with Gasteiger partial charge in [0.15, 0.2) is 0 Å². The largest absolute Gasteiger partial charge is 0.321 e. The Kier molecular flexibility index (Phi) is 5.06. The summed E-state index contributed by atoms with van der Waals surface area (Å²) < 4.78 is 26.6. The Labute approximate surface area is 142 Å². The number of anilines is 1. The summed E-state index contributed by atoms with van der Waals surface area (Å²) in [5.74, 6) is -0.271. The van der Waals surface area contributed by atoms with Gasteiger partial charge in [0.05, 0.1) is 13.6 Å². The van der Waals surface area contributed by atoms with Gasteiger partial charge in [-0.15, -0.1) is 11.3 Å². The second kappa shape index (κ2) is 6.49. The van der Waals surface area contributed by atoms with Crippen molar-refractivity contribution in [3.05, 3.63) is 44.6 Å². The van der Waals surface area contributed by atoms with Crippen LogP contribution in [0, 0.1) is 6.92 Å². The zero-order valence-corrected chi connectivity index (χ0v) is 15.5. The standard InChI is InChI=1S/C14H15BrN2O3S2/c1-9-4-5-10(8-12(9)22(19,20)17(2)3)16-14(18)11-6-7-13(15)21-11/h4-8H,1-3H3,(H,16,18). The molecule has 0 saturated heterocycles. The summed E-state index contributed by atoms with van der Waals surface area (Å²) in [5, 5.41) is 2.72. The molecule has 1 amide bonds. The average molecular weight is 403 g/mol. The number of nitrogens with zero attached hydrogens (tertiary/aromatic N) is 1. The van der Waals surface area contributed by atoms with Gasteiger partial charge in [-0.3, -0.25) is 4.79 Å². The van der Waals surface area contributed by atoms with E-state index in [2.05, 4.69) is 21.2 Å². The minimum absolute atomic E-state index is 0.183. The first kappa shape index (κ1) is 17.1. The van der Waals surface area contributed by atoms with E-state index in [1.54, 1.807) is 31.2 Å². The molecule has 0 fully saturated rings. The molecule has 0 atom stereocenters. The molecule has 8 heteroatoms. The first-order chi connectivity index (χ1) is 10.2. The summed E-state index contributed by atoms with van der Waals surface area (Å²) in [6.45, 7) is 1.72. The van der Waals surface area contributed by atoms with Gasteiger partial charge in [-0.05, 0) is 52.7 Å². The van der Waals surface area contributed by atoms with Crippen LogP contribution in [0.25, 0.3) is 0 Å². The number of halogens is 1. The molecule has 0 aliphatic rings. The second-order valence-electron chi connectivity index (χ2n) is 4.83. The summed E-state index contributed by atoms with van der Waals surface area (Å²) in [6.07, 6.45) is 0. The number of thiophene rings is 1. The predicted molar refractivity (Wildman–Crippen MR) is 92.0 cm³/mol. The Morgan fingerprint density at radius 3 is 2.45 bits per heavy atom. The van der Waals surface area contributed by atoms with E-state index in [-0.39, 0.29) is 10.8 Å². The van der Waals surface area contributed by atoms with Crippen molar-refractivity contribution in [1.29, 1.82) is 0 Å². The van der Waals surface area contributed by atoms with E-state index in [1.165, 1.54) is 31.5 Å². The molecule has 1 aromatic heterocycles. The lowest BCUT2D eigenvalue weighted by Crippen LogP contribution is -2.23. The van der Waals surface area contributed by atoms with E-state index >= 15 is 0 Å². The molecule has 2 aromatic rings. The smallest absolute Gasteiger partial charge is 0.265 e. The molecule has 2 rings (SSSR count). The van der Waals surface area contributed by atoms with Crippen LogP contribution in [0.3, 0.4) is 0 Å². The van der Waals surface area contributed by atoms with E-state index in [0.717, 1.165) is 8.09 Å². The average Bonchev–Trinajstić information content (AvgIpc) is 2.87. The first-order valence-corrected chi connectivity index (χ1v) is 9.36. The second-order valence-corrected chi connectivity index (χ2v) is 9.41. The third-order valence-corrected chi connectivity index (χ3v) is 6.58. The number of rotatable bonds is 4. The van der Waals surface area contributed by atoms with Crippen LogP contribution < -0.4 is 5.32 Å². The lowest BCUT2D eigenvalue weighted by molar-refractivity contribution is 0.103. The number of nitrogens with one attached hydrogen (secondary N) is 1. The van der Waals surface area contributed by atoms with Crippen LogP contribution in [0.1, 0.15) is 15.2 Å². The molecule has 1 N–H and O–H groups in total. The molecular weight excluding hydrogens is 388 g/mol. The zero-order valence-electron chi connectivity index (χ0n) is 12.3. The Bertz CT molecular complexity index is 813. The van der Waals surface area contributed by atoms with Crippen molar-refractivity contribution in [3.63, 3.8) is 0 Å². The van der Waals surface area contributed by atoms with Crippen molar-refractivity contribution < 1.29 is 13.2 Å². The van der Waals surface area contributed by atoms with Gasteiger partial charge in [0.2, 0.25) is 10.0 Å². The number of carbonyl (C=O) groups is 1. The van der Waals surface area contributed by atoms with Crippen molar-refractivity contribution in [2.45, 2.75) is 11.8 Å². The quantitative estimate of drug-likeness (QED) is 0.852. The normalized spacial score (nSPS) is 11.7. The van der Waals surface area contributed by atoms with E-state index in [0.29, 0.717) is 16.1 Å². The molecule has 0 spiro atoms. The molecule has 22 heavy (non-hydrogen) atoms. The molecule has 0 bridgehead atoms. The van der Waals surface area contributed by atoms with Crippen molar-refractivity contribution >= 4 is 48.9 Å². The van der Waals surface area contributed by atoms with Crippen LogP contribution in [0.5, 0.6) is 0 Å². The van der Waals surface area contributed by atoms with Crippen LogP contribution in [0.4, 0.5) is 5.69 Å². The third-order valence-electron chi connectivity index (χ3n) is 3.00. The van der Waals surface area contributed by atoms with Gasteiger partial charge >= 0.3 is 0 Å². The van der Waals surface area contributed by atoms with Gasteiger partial charge in [-0.25, -0.2) is 12.7 Å². The van der Waals surface area contributed by atoms with E-state index < -0.39 is 10.0 Å². The summed E-state index contributed by atoms with van der Waals surface area (Å²) in [7, 11) is -0.598. The minimum Gasteiger partial charge on any atom is -0.321 e. The molecule has 1 heterocycles. The SMILES string of the molecule is Cc1ccc(NC(=O)c2ccc(Br)s2)cc1S(=O)(=O)N(C)C. The van der Waals surface area contributed by atoms with Crippen LogP contribution in [-0.4, -0.2) is 32.7 Å². The highest BCUT2D eigenvalue weighted by Crippen LogP contribution is 2.25. The molecule has 0 unspecified atom stereocenters. The summed E-state index contributed by atoms with van der Waals surface area (Å²) in [5.41, 5.74) is 1.08. The van der Waals surface area contributed by atoms with Crippen LogP contribution in [0.2, 0.25) is 0 Å². The van der Waals surface area contributed by atoms with Gasteiger partial charge in [0.1, 0.15) is 0 Å². The molecule has 5 nitrogen and oxygen atoms in total. The predicted octanol–water partition coefficient (Wildman–Crippen LogP) is 3.32. The fourth-order valence-corrected chi connectivity index (χ4v) is 4.21. The molecule has 118 valence electrons. The Hall–Kier alpha value is -1.22. The maximum absolute atomic E-state index is 12.3. The Balaban J connectivity index is 2.32. The van der Waals surface area contributed by atoms with Gasteiger partial charge in [-0.1, -0.05) is 6.07 Å². The molecule has 0 radical (unpaired) electrons. The van der Waals surface area contributed by atoms with Crippen LogP contribution in [0.15, 0.2) is 39.0 Å². The monoisotopic (exact) mass is 402 g/mol. The number of amides is 1. The summed E-state index contributed by atoms with van der Waals surface area (Å²) >= 11 is 4.61. The maximum atomic E-state index is 12.3. The van der Waals surface area contributed by atoms with Crippen molar-refractivity contribution in [2.75, 3.05) is 19.4 Å². The molecule has 0 aliphatic heterocycles. The highest BCUT2D eigenvalue weighted by molar-refractivity contribution is 9.11. The van der Waals surface area contributed by atoms with Crippen LogP contribution >= 0.6 is 27.3 Å². The maximum Gasteiger partial charge on any atom is 0.265 e. The van der Waals surface area contributed by atoms with Gasteiger partial charge in [-0.2, -0.15) is 0 Å². The summed E-state index contributed by atoms with van der Waals surface area (Å²) in [4.78, 5) is 12.9. The highest BCUT2D eigenvalue weighted by atomic mass is 79.9. The van der Waals surface area contributed by atoms with E-state index in [1.807, 2.05) is 0 Å². The number of aryl methyl sites for hydroxylation is 1. The Morgan fingerprint density at radius 2 is 1.91 bits per heavy atom. The van der Waals surface area contributed by atoms with Gasteiger partial charge in [0.25, 0.3) is 5.91 Å². The van der Waals surface area contributed by atoms with Gasteiger partial charge < -0.3 is 5.32 Å². The highest BCUT2D eigenvalue weighted by Gasteiger charge is 2.20. The number of benzene rings is 1. The molecule has 0 saturated carbocycles. The zero-order chi connectivity index (χ0) is 16.5. The molecule has 1 aromatic carbocycles. The number of hydrogen-bond acceptors (Lipinski definition) is 4. The van der Waals surface area contributed by atoms with Crippen LogP contribution in [-0.2, 0) is 10.0 Å². The molecular formula is C14H15BrN2O3S2. The summed E-state index contributed by atoms with van der Waals surface area (Å²) in [6, 6.07) is 8.33. The van der Waals surface area contributed by atoms with E-state index in [9.17, 15) is 13.2 Å². The lowest BCUT2D eigenvalue weighted by Gasteiger charge is -2.15. The minimum atomic E-state index is -3.55. The molecule has 0 aliphatic carbocycles.